The van der Waals surface area contributed by atoms with E-state index in [0.717, 1.165) is 28.6 Å². The quantitative estimate of drug-likeness (QED) is 0.162. The van der Waals surface area contributed by atoms with Crippen LogP contribution in [0.5, 0.6) is 11.5 Å². The van der Waals surface area contributed by atoms with Gasteiger partial charge >= 0.3 is 0 Å². The fourth-order valence-electron chi connectivity index (χ4n) is 5.11. The first-order valence-electron chi connectivity index (χ1n) is 14.2. The Morgan fingerprint density at radius 2 is 1.47 bits per heavy atom. The number of rotatable bonds is 6. The summed E-state index contributed by atoms with van der Waals surface area (Å²) in [7, 11) is 2.07. The van der Waals surface area contributed by atoms with Crippen LogP contribution >= 0.6 is 0 Å². The third kappa shape index (κ3) is 6.33. The van der Waals surface area contributed by atoms with Crippen molar-refractivity contribution in [3.8, 4) is 11.5 Å². The van der Waals surface area contributed by atoms with Crippen LogP contribution in [-0.2, 0) is 26.5 Å². The zero-order valence-corrected chi connectivity index (χ0v) is 27.6. The smallest absolute Gasteiger partial charge is 0.135 e. The van der Waals surface area contributed by atoms with Crippen LogP contribution in [0.1, 0.15) is 37.5 Å². The molecule has 4 aromatic carbocycles. The Labute approximate surface area is 270 Å². The molecule has 1 aromatic heterocycles. The average Bonchev–Trinajstić information content (AvgIpc) is 3.29. The monoisotopic (exact) mass is 746 g/mol. The van der Waals surface area contributed by atoms with E-state index in [-0.39, 0.29) is 26.5 Å². The van der Waals surface area contributed by atoms with Gasteiger partial charge in [0.05, 0.1) is 0 Å². The van der Waals surface area contributed by atoms with Gasteiger partial charge in [0.15, 0.2) is 0 Å². The van der Waals surface area contributed by atoms with Gasteiger partial charge in [-0.25, -0.2) is 4.98 Å². The molecular weight excluding hydrogens is 712 g/mol. The van der Waals surface area contributed by atoms with E-state index in [1.165, 1.54) is 22.4 Å². The summed E-state index contributed by atoms with van der Waals surface area (Å²) in [6.07, 6.45) is 1.88. The Bertz CT molecular complexity index is 1730. The van der Waals surface area contributed by atoms with Crippen LogP contribution < -0.4 is 19.4 Å². The summed E-state index contributed by atoms with van der Waals surface area (Å²) < 4.78 is 6.36. The zero-order chi connectivity index (χ0) is 29.4. The summed E-state index contributed by atoms with van der Waals surface area (Å²) >= 11 is 0. The molecule has 0 fully saturated rings. The molecule has 43 heavy (non-hydrogen) atoms. The van der Waals surface area contributed by atoms with Crippen molar-refractivity contribution in [3.05, 3.63) is 133 Å². The van der Waals surface area contributed by atoms with Crippen molar-refractivity contribution >= 4 is 34.3 Å². The number of fused-ring (bicyclic) bond motifs is 1. The molecule has 6 rings (SSSR count). The van der Waals surface area contributed by atoms with Gasteiger partial charge in [-0.1, -0.05) is 44.7 Å². The number of hydrogen-bond donors (Lipinski definition) is 0. The number of aryl methyl sites for hydroxylation is 2. The van der Waals surface area contributed by atoms with Crippen LogP contribution in [-0.4, -0.2) is 12.0 Å². The van der Waals surface area contributed by atoms with Crippen LogP contribution in [0.15, 0.2) is 97.2 Å². The predicted octanol–water partition coefficient (Wildman–Crippen LogP) is 9.56. The van der Waals surface area contributed by atoms with Crippen molar-refractivity contribution in [2.75, 3.05) is 21.7 Å². The molecule has 0 saturated heterocycles. The topological polar surface area (TPSA) is 31.8 Å². The minimum absolute atomic E-state index is 0. The number of pyridine rings is 1. The molecule has 1 aliphatic rings. The first-order chi connectivity index (χ1) is 20.2. The number of benzene rings is 4. The third-order valence-electron chi connectivity index (χ3n) is 7.60. The molecule has 0 N–H and O–H groups in total. The Hall–Kier alpha value is -4.08. The maximum Gasteiger partial charge on any atom is 0.135 e. The number of anilines is 6. The first kappa shape index (κ1) is 30.4. The largest absolute Gasteiger partial charge is 0.509 e. The standard InChI is InChI=1S/C37H35N4O.Pt/c1-26-20-34-35(21-27(26)2)40(25-39(34)6)30-14-10-16-32(23-30)42-33-17-11-15-31(24-33)41(29-12-8-7-9-13-29)36-22-28(18-19-38-36)37(3,4)5;/h7-22,25H,1-6H3;/q-3;. The van der Waals surface area contributed by atoms with Gasteiger partial charge in [-0.3, -0.25) is 0 Å². The van der Waals surface area contributed by atoms with E-state index in [9.17, 15) is 0 Å². The van der Waals surface area contributed by atoms with E-state index in [4.69, 9.17) is 9.72 Å². The Morgan fingerprint density at radius 3 is 2.19 bits per heavy atom. The zero-order valence-electron chi connectivity index (χ0n) is 25.3. The third-order valence-corrected chi connectivity index (χ3v) is 7.60. The average molecular weight is 747 g/mol. The summed E-state index contributed by atoms with van der Waals surface area (Å²) in [6.45, 7) is 13.0. The molecule has 0 unspecified atom stereocenters. The van der Waals surface area contributed by atoms with Crippen molar-refractivity contribution in [1.82, 2.24) is 4.98 Å². The summed E-state index contributed by atoms with van der Waals surface area (Å²) in [6, 6.07) is 37.8. The van der Waals surface area contributed by atoms with E-state index >= 15 is 0 Å². The molecule has 2 heterocycles. The van der Waals surface area contributed by atoms with Crippen LogP contribution in [0.3, 0.4) is 0 Å². The molecular formula is C37H35N4OPt-3. The van der Waals surface area contributed by atoms with Crippen LogP contribution in [0.25, 0.3) is 0 Å². The molecule has 5 nitrogen and oxygen atoms in total. The van der Waals surface area contributed by atoms with Crippen molar-refractivity contribution in [2.45, 2.75) is 40.0 Å². The minimum atomic E-state index is -0.00477. The van der Waals surface area contributed by atoms with Crippen molar-refractivity contribution < 1.29 is 25.8 Å². The normalized spacial score (nSPS) is 12.5. The van der Waals surface area contributed by atoms with Gasteiger partial charge in [0.2, 0.25) is 0 Å². The number of hydrogen-bond acceptors (Lipinski definition) is 5. The van der Waals surface area contributed by atoms with E-state index in [1.54, 1.807) is 0 Å². The minimum Gasteiger partial charge on any atom is -0.509 e. The predicted molar refractivity (Wildman–Crippen MR) is 173 cm³/mol. The van der Waals surface area contributed by atoms with E-state index in [0.29, 0.717) is 11.5 Å². The summed E-state index contributed by atoms with van der Waals surface area (Å²) in [5.41, 5.74) is 8.78. The van der Waals surface area contributed by atoms with Gasteiger partial charge in [-0.2, -0.15) is 18.8 Å². The van der Waals surface area contributed by atoms with Crippen LogP contribution in [0, 0.1) is 32.6 Å². The first-order valence-corrected chi connectivity index (χ1v) is 14.2. The summed E-state index contributed by atoms with van der Waals surface area (Å²) in [5, 5.41) is 0. The molecule has 0 amide bonds. The van der Waals surface area contributed by atoms with Crippen molar-refractivity contribution in [3.63, 3.8) is 0 Å². The number of para-hydroxylation sites is 1. The fraction of sp³-hybridized carbons (Fsp3) is 0.189. The molecule has 1 aliphatic heterocycles. The van der Waals surface area contributed by atoms with Crippen molar-refractivity contribution in [1.29, 1.82) is 0 Å². The van der Waals surface area contributed by atoms with Crippen LogP contribution in [0.4, 0.5) is 34.3 Å². The summed E-state index contributed by atoms with van der Waals surface area (Å²) in [4.78, 5) is 11.2. The molecule has 0 radical (unpaired) electrons. The molecule has 0 saturated carbocycles. The van der Waals surface area contributed by atoms with E-state index in [2.05, 4.69) is 112 Å². The molecule has 0 atom stereocenters. The van der Waals surface area contributed by atoms with Gasteiger partial charge in [-0.15, -0.1) is 42.1 Å². The second-order valence-electron chi connectivity index (χ2n) is 11.7. The maximum atomic E-state index is 6.36. The Balaban J connectivity index is 0.00000368. The molecule has 0 aliphatic carbocycles. The van der Waals surface area contributed by atoms with Crippen molar-refractivity contribution in [2.24, 2.45) is 0 Å². The number of ether oxygens (including phenoxy) is 1. The van der Waals surface area contributed by atoms with Gasteiger partial charge in [-0.05, 0) is 79.4 Å². The van der Waals surface area contributed by atoms with Gasteiger partial charge in [0.25, 0.3) is 0 Å². The Kier molecular flexibility index (Phi) is 8.66. The molecule has 5 aromatic rings. The number of aromatic nitrogens is 1. The van der Waals surface area contributed by atoms with Gasteiger partial charge in [0.1, 0.15) is 5.82 Å². The SMILES string of the molecule is Cc1cc2c(cc1C)N(c1[c-]c(Oc3[c-]c(N(c4ccccc4)c4cc(C(C)(C)C)ccn4)ccc3)ccc1)[CH-]N2C.[Pt]. The molecule has 0 spiro atoms. The molecule has 6 heteroatoms. The fourth-order valence-corrected chi connectivity index (χ4v) is 5.11. The van der Waals surface area contributed by atoms with E-state index < -0.39 is 0 Å². The molecule has 0 bridgehead atoms. The van der Waals surface area contributed by atoms with E-state index in [1.807, 2.05) is 60.8 Å². The second kappa shape index (κ2) is 12.3. The Morgan fingerprint density at radius 1 is 0.791 bits per heavy atom. The summed E-state index contributed by atoms with van der Waals surface area (Å²) in [5.74, 6) is 2.05. The van der Waals surface area contributed by atoms with Gasteiger partial charge < -0.3 is 19.4 Å². The van der Waals surface area contributed by atoms with Gasteiger partial charge in [0, 0.05) is 55.8 Å². The maximum absolute atomic E-state index is 6.36. The number of nitrogens with zero attached hydrogens (tertiary/aromatic N) is 4. The molecule has 222 valence electrons. The van der Waals surface area contributed by atoms with Crippen LogP contribution in [0.2, 0.25) is 0 Å². The second-order valence-corrected chi connectivity index (χ2v) is 11.7.